The van der Waals surface area contributed by atoms with Crippen molar-refractivity contribution >= 4 is 28.5 Å². The number of benzene rings is 8. The second-order valence-corrected chi connectivity index (χ2v) is 19.7. The minimum Gasteiger partial charge on any atom is -0.487 e. The first-order valence-corrected chi connectivity index (χ1v) is 26.3. The van der Waals surface area contributed by atoms with E-state index >= 15 is 0 Å². The maximum Gasteiger partial charge on any atom is 0.194 e. The number of aliphatic hydroxyl groups is 1. The van der Waals surface area contributed by atoms with Crippen LogP contribution in [-0.2, 0) is 25.4 Å². The average Bonchev–Trinajstić information content (AvgIpc) is 3.56. The fraction of sp³-hybridized carbons (Fsp3) is 0.206. The number of carbonyl (C=O) groups is 2. The van der Waals surface area contributed by atoms with Gasteiger partial charge in [0.05, 0.1) is 39.6 Å². The molecule has 2 aliphatic rings. The molecule has 0 aromatic heterocycles. The number of aldehydes is 2. The lowest BCUT2D eigenvalue weighted by molar-refractivity contribution is -0.209. The molecule has 0 bridgehead atoms. The number of aliphatic hydroxyl groups excluding tert-OH is 1. The SMILES string of the molecule is CCCc1cc(F)c(OCC2COC(c3ccc(-c4cc(F)c(F)c(F)c4)cc3)OC2)c(F)c1.O=Cc1ccc(-c2cc(F)c(F)c(F)c2)cc1.O=Cc1ccc(Br)cc1.OCC1COC(c2ccc(-c3cc(F)c(F)c(F)c3)cc2)OC1. The first-order chi connectivity index (χ1) is 39.9. The quantitative estimate of drug-likeness (QED) is 0.0692. The van der Waals surface area contributed by atoms with Gasteiger partial charge in [0.1, 0.15) is 12.6 Å². The lowest BCUT2D eigenvalue weighted by atomic mass is 10.0. The van der Waals surface area contributed by atoms with Gasteiger partial charge in [0, 0.05) is 38.6 Å². The number of ether oxygens (including phenoxy) is 5. The second kappa shape index (κ2) is 30.1. The molecule has 0 radical (unpaired) electrons. The summed E-state index contributed by atoms with van der Waals surface area (Å²) in [6.07, 6.45) is 1.64. The van der Waals surface area contributed by atoms with Crippen molar-refractivity contribution in [2.75, 3.05) is 39.6 Å². The molecule has 2 saturated heterocycles. The third kappa shape index (κ3) is 17.2. The Morgan fingerprint density at radius 2 is 0.783 bits per heavy atom. The van der Waals surface area contributed by atoms with E-state index < -0.39 is 82.3 Å². The molecule has 2 heterocycles. The van der Waals surface area contributed by atoms with Crippen molar-refractivity contribution < 1.29 is 86.7 Å². The summed E-state index contributed by atoms with van der Waals surface area (Å²) in [6.45, 7) is 3.25. The molecule has 1 N–H and O–H groups in total. The van der Waals surface area contributed by atoms with Crippen LogP contribution in [0.2, 0.25) is 0 Å². The summed E-state index contributed by atoms with van der Waals surface area (Å²) in [4.78, 5) is 20.5. The highest BCUT2D eigenvalue weighted by Gasteiger charge is 2.26. The van der Waals surface area contributed by atoms with Crippen LogP contribution in [0.15, 0.2) is 150 Å². The average molecular weight is 1220 g/mol. The van der Waals surface area contributed by atoms with Gasteiger partial charge in [-0.2, -0.15) is 0 Å². The van der Waals surface area contributed by atoms with Gasteiger partial charge in [0.2, 0.25) is 0 Å². The summed E-state index contributed by atoms with van der Waals surface area (Å²) in [6, 6.07) is 34.8. The molecule has 10 rings (SSSR count). The number of hydrogen-bond donors (Lipinski definition) is 1. The number of carbonyl (C=O) groups excluding carboxylic acids is 2. The van der Waals surface area contributed by atoms with Crippen molar-refractivity contribution in [3.8, 4) is 39.1 Å². The van der Waals surface area contributed by atoms with Crippen molar-refractivity contribution in [3.63, 3.8) is 0 Å². The number of aryl methyl sites for hydroxylation is 1. The highest BCUT2D eigenvalue weighted by atomic mass is 79.9. The first-order valence-electron chi connectivity index (χ1n) is 25.5. The topological polar surface area (TPSA) is 101 Å². The molecule has 0 atom stereocenters. The molecule has 2 aliphatic heterocycles. The van der Waals surface area contributed by atoms with Gasteiger partial charge in [0.25, 0.3) is 0 Å². The Morgan fingerprint density at radius 3 is 1.11 bits per heavy atom. The van der Waals surface area contributed by atoms with E-state index in [2.05, 4.69) is 15.9 Å². The van der Waals surface area contributed by atoms with Gasteiger partial charge in [-0.05, 0) is 106 Å². The van der Waals surface area contributed by atoms with Crippen molar-refractivity contribution in [1.82, 2.24) is 0 Å². The van der Waals surface area contributed by atoms with Crippen molar-refractivity contribution in [2.24, 2.45) is 11.8 Å². The lowest BCUT2D eigenvalue weighted by Gasteiger charge is -2.29. The Labute approximate surface area is 478 Å². The monoisotopic (exact) mass is 1220 g/mol. The molecule has 0 amide bonds. The molecular weight excluding hydrogens is 1170 g/mol. The van der Waals surface area contributed by atoms with Gasteiger partial charge in [-0.1, -0.05) is 114 Å². The highest BCUT2D eigenvalue weighted by molar-refractivity contribution is 9.10. The van der Waals surface area contributed by atoms with Gasteiger partial charge >= 0.3 is 0 Å². The number of halogens is 12. The molecular formula is C63H50BrF11O8. The first kappa shape index (κ1) is 63.0. The van der Waals surface area contributed by atoms with Crippen LogP contribution in [0.3, 0.4) is 0 Å². The third-order valence-corrected chi connectivity index (χ3v) is 13.2. The number of hydrogen-bond acceptors (Lipinski definition) is 8. The standard InChI is InChI=1S/C26H23F5O3.C17H15F3O3.C13H7F3O.C7H5BrO/c1-2-3-15-8-22(29)25(23(30)9-15)32-12-16-13-33-26(34-14-16)18-6-4-17(5-7-18)19-10-20(27)24(31)21(28)11-19;18-14-5-13(6-15(19)16(14)20)11-1-3-12(4-2-11)17-22-8-10(7-21)9-23-17;14-11-5-10(6-12(15)13(11)16)9-3-1-8(7-17)2-4-9;8-7-3-1-6(5-9)2-4-7/h4-11,16,26H,2-3,12-14H2,1H3;1-6,10,17,21H,7-9H2;1-7H;1-5H. The molecule has 83 heavy (non-hydrogen) atoms. The van der Waals surface area contributed by atoms with Crippen LogP contribution in [0, 0.1) is 75.8 Å². The Bertz CT molecular complexity index is 3360. The third-order valence-electron chi connectivity index (χ3n) is 12.6. The van der Waals surface area contributed by atoms with Crippen molar-refractivity contribution in [2.45, 2.75) is 32.3 Å². The summed E-state index contributed by atoms with van der Waals surface area (Å²) in [5.74, 6) is -14.1. The van der Waals surface area contributed by atoms with Crippen LogP contribution >= 0.6 is 15.9 Å². The van der Waals surface area contributed by atoms with E-state index in [0.717, 1.165) is 59.1 Å². The van der Waals surface area contributed by atoms with E-state index in [0.29, 0.717) is 64.9 Å². The highest BCUT2D eigenvalue weighted by Crippen LogP contribution is 2.33. The van der Waals surface area contributed by atoms with Gasteiger partial charge in [-0.25, -0.2) is 48.3 Å². The Balaban J connectivity index is 0.000000174. The minimum absolute atomic E-state index is 0.00729. The van der Waals surface area contributed by atoms with Gasteiger partial charge in [0.15, 0.2) is 82.3 Å². The largest absolute Gasteiger partial charge is 0.487 e. The molecule has 20 heteroatoms. The smallest absolute Gasteiger partial charge is 0.194 e. The maximum absolute atomic E-state index is 14.2. The Hall–Kier alpha value is -7.59. The van der Waals surface area contributed by atoms with Crippen LogP contribution in [-0.4, -0.2) is 57.3 Å². The van der Waals surface area contributed by atoms with E-state index in [4.69, 9.17) is 28.8 Å². The zero-order chi connectivity index (χ0) is 59.7. The number of rotatable bonds is 13. The van der Waals surface area contributed by atoms with Gasteiger partial charge in [-0.15, -0.1) is 0 Å². The molecule has 2 fully saturated rings. The Kier molecular flexibility index (Phi) is 22.9. The predicted molar refractivity (Wildman–Crippen MR) is 289 cm³/mol. The van der Waals surface area contributed by atoms with Crippen molar-refractivity contribution in [3.05, 3.63) is 242 Å². The molecule has 0 saturated carbocycles. The zero-order valence-electron chi connectivity index (χ0n) is 43.8. The fourth-order valence-electron chi connectivity index (χ4n) is 8.18. The molecule has 8 aromatic carbocycles. The van der Waals surface area contributed by atoms with E-state index in [1.807, 2.05) is 19.1 Å². The van der Waals surface area contributed by atoms with Gasteiger partial charge < -0.3 is 28.8 Å². The summed E-state index contributed by atoms with van der Waals surface area (Å²) in [5.41, 5.74) is 5.41. The van der Waals surface area contributed by atoms with E-state index in [1.54, 1.807) is 60.7 Å². The predicted octanol–water partition coefficient (Wildman–Crippen LogP) is 16.0. The van der Waals surface area contributed by atoms with E-state index in [-0.39, 0.29) is 55.0 Å². The van der Waals surface area contributed by atoms with Crippen LogP contribution in [0.25, 0.3) is 33.4 Å². The van der Waals surface area contributed by atoms with E-state index in [9.17, 15) is 57.9 Å². The maximum atomic E-state index is 14.2. The Morgan fingerprint density at radius 1 is 0.458 bits per heavy atom. The zero-order valence-corrected chi connectivity index (χ0v) is 45.4. The van der Waals surface area contributed by atoms with E-state index in [1.165, 1.54) is 36.4 Å². The molecule has 434 valence electrons. The van der Waals surface area contributed by atoms with Crippen LogP contribution < -0.4 is 4.74 Å². The van der Waals surface area contributed by atoms with Crippen molar-refractivity contribution in [1.29, 1.82) is 0 Å². The minimum atomic E-state index is -1.51. The summed E-state index contributed by atoms with van der Waals surface area (Å²) >= 11 is 3.26. The molecule has 0 unspecified atom stereocenters. The molecule has 0 spiro atoms. The fourth-order valence-corrected chi connectivity index (χ4v) is 8.45. The molecule has 8 nitrogen and oxygen atoms in total. The summed E-state index contributed by atoms with van der Waals surface area (Å²) in [5, 5.41) is 9.03. The normalized spacial score (nSPS) is 16.5. The van der Waals surface area contributed by atoms with Crippen LogP contribution in [0.4, 0.5) is 48.3 Å². The molecule has 8 aromatic rings. The second-order valence-electron chi connectivity index (χ2n) is 18.8. The summed E-state index contributed by atoms with van der Waals surface area (Å²) in [7, 11) is 0. The summed E-state index contributed by atoms with van der Waals surface area (Å²) < 4.78 is 176. The van der Waals surface area contributed by atoms with Crippen LogP contribution in [0.5, 0.6) is 5.75 Å². The molecule has 0 aliphatic carbocycles. The van der Waals surface area contributed by atoms with Crippen LogP contribution in [0.1, 0.15) is 63.3 Å². The lowest BCUT2D eigenvalue weighted by Crippen LogP contribution is -2.31. The van der Waals surface area contributed by atoms with Gasteiger partial charge in [-0.3, -0.25) is 9.59 Å².